The van der Waals surface area contributed by atoms with Crippen molar-refractivity contribution in [2.75, 3.05) is 45.9 Å². The van der Waals surface area contributed by atoms with Crippen LogP contribution in [0.25, 0.3) is 0 Å². The zero-order chi connectivity index (χ0) is 18.4. The number of aliphatic imine (C=N–C) groups is 1. The molecule has 2 aliphatic heterocycles. The van der Waals surface area contributed by atoms with Crippen LogP contribution >= 0.6 is 0 Å². The molecule has 2 aliphatic rings. The van der Waals surface area contributed by atoms with Gasteiger partial charge in [0.05, 0.1) is 19.8 Å². The van der Waals surface area contributed by atoms with E-state index in [9.17, 15) is 0 Å². The largest absolute Gasteiger partial charge is 0.379 e. The van der Waals surface area contributed by atoms with Crippen LogP contribution in [0.2, 0.25) is 0 Å². The van der Waals surface area contributed by atoms with Crippen LogP contribution in [0.3, 0.4) is 0 Å². The fraction of sp³-hybridized carbons (Fsp3) is 0.667. The van der Waals surface area contributed by atoms with Gasteiger partial charge in [-0.2, -0.15) is 0 Å². The summed E-state index contributed by atoms with van der Waals surface area (Å²) in [5, 5.41) is 3.46. The van der Waals surface area contributed by atoms with Crippen LogP contribution in [0, 0.1) is 5.41 Å². The third-order valence-corrected chi connectivity index (χ3v) is 5.26. The lowest BCUT2D eigenvalue weighted by molar-refractivity contribution is 0.0342. The van der Waals surface area contributed by atoms with Crippen molar-refractivity contribution in [2.24, 2.45) is 10.4 Å². The van der Waals surface area contributed by atoms with E-state index in [0.29, 0.717) is 5.41 Å². The smallest absolute Gasteiger partial charge is 0.194 e. The molecule has 2 fully saturated rings. The average molecular weight is 359 g/mol. The lowest BCUT2D eigenvalue weighted by atomic mass is 9.93. The molecule has 3 rings (SSSR count). The summed E-state index contributed by atoms with van der Waals surface area (Å²) in [6.07, 6.45) is 1.23. The molecule has 0 spiro atoms. The van der Waals surface area contributed by atoms with Crippen LogP contribution in [-0.4, -0.2) is 61.7 Å². The molecule has 0 aromatic heterocycles. The molecule has 1 aromatic rings. The Morgan fingerprint density at radius 2 is 1.81 bits per heavy atom. The highest BCUT2D eigenvalue weighted by Gasteiger charge is 2.30. The van der Waals surface area contributed by atoms with E-state index in [1.165, 1.54) is 17.5 Å². The molecule has 0 atom stereocenters. The molecule has 0 unspecified atom stereocenters. The SMILES string of the molecule is CCNC(=NCc1ccc(CN2CCOCC2)cc1)N1CCC(C)(C)C1. The maximum absolute atomic E-state index is 5.42. The quantitative estimate of drug-likeness (QED) is 0.649. The number of rotatable bonds is 5. The summed E-state index contributed by atoms with van der Waals surface area (Å²) < 4.78 is 5.42. The molecule has 0 amide bonds. The molecule has 26 heavy (non-hydrogen) atoms. The molecule has 5 nitrogen and oxygen atoms in total. The fourth-order valence-corrected chi connectivity index (χ4v) is 3.65. The molecular weight excluding hydrogens is 324 g/mol. The van der Waals surface area contributed by atoms with E-state index < -0.39 is 0 Å². The van der Waals surface area contributed by atoms with E-state index in [1.807, 2.05) is 0 Å². The van der Waals surface area contributed by atoms with Crippen molar-refractivity contribution in [3.63, 3.8) is 0 Å². The summed E-state index contributed by atoms with van der Waals surface area (Å²) in [6, 6.07) is 8.92. The first-order valence-electron chi connectivity index (χ1n) is 9.97. The Labute approximate surface area is 158 Å². The van der Waals surface area contributed by atoms with E-state index in [1.54, 1.807) is 0 Å². The summed E-state index contributed by atoms with van der Waals surface area (Å²) in [5.41, 5.74) is 3.02. The molecule has 1 N–H and O–H groups in total. The number of benzene rings is 1. The predicted molar refractivity (Wildman–Crippen MR) is 107 cm³/mol. The zero-order valence-electron chi connectivity index (χ0n) is 16.6. The van der Waals surface area contributed by atoms with Crippen molar-refractivity contribution >= 4 is 5.96 Å². The van der Waals surface area contributed by atoms with E-state index in [2.05, 4.69) is 60.2 Å². The van der Waals surface area contributed by atoms with E-state index >= 15 is 0 Å². The molecule has 0 aliphatic carbocycles. The first-order valence-corrected chi connectivity index (χ1v) is 9.97. The minimum atomic E-state index is 0.386. The molecule has 144 valence electrons. The number of hydrogen-bond donors (Lipinski definition) is 1. The molecule has 2 saturated heterocycles. The highest BCUT2D eigenvalue weighted by Crippen LogP contribution is 2.28. The standard InChI is InChI=1S/C21H34N4O/c1-4-22-20(25-10-9-21(2,3)17-25)23-15-18-5-7-19(8-6-18)16-24-11-13-26-14-12-24/h5-8H,4,9-17H2,1-3H3,(H,22,23). The number of nitrogens with one attached hydrogen (secondary N) is 1. The van der Waals surface area contributed by atoms with E-state index in [4.69, 9.17) is 9.73 Å². The van der Waals surface area contributed by atoms with Gasteiger partial charge >= 0.3 is 0 Å². The molecule has 5 heteroatoms. The van der Waals surface area contributed by atoms with Crippen LogP contribution in [0.4, 0.5) is 0 Å². The maximum atomic E-state index is 5.42. The van der Waals surface area contributed by atoms with Gasteiger partial charge in [0.2, 0.25) is 0 Å². The van der Waals surface area contributed by atoms with Gasteiger partial charge in [0.15, 0.2) is 5.96 Å². The second-order valence-corrected chi connectivity index (χ2v) is 8.21. The summed E-state index contributed by atoms with van der Waals surface area (Å²) in [5.74, 6) is 1.05. The number of nitrogens with zero attached hydrogens (tertiary/aromatic N) is 3. The van der Waals surface area contributed by atoms with Crippen LogP contribution in [0.15, 0.2) is 29.3 Å². The number of guanidine groups is 1. The Morgan fingerprint density at radius 1 is 1.12 bits per heavy atom. The first-order chi connectivity index (χ1) is 12.6. The van der Waals surface area contributed by atoms with E-state index in [-0.39, 0.29) is 0 Å². The summed E-state index contributed by atoms with van der Waals surface area (Å²) in [4.78, 5) is 9.73. The Kier molecular flexibility index (Phi) is 6.54. The lowest BCUT2D eigenvalue weighted by Gasteiger charge is -2.26. The van der Waals surface area contributed by atoms with E-state index in [0.717, 1.165) is 65.0 Å². The van der Waals surface area contributed by atoms with Crippen LogP contribution in [0.5, 0.6) is 0 Å². The fourth-order valence-electron chi connectivity index (χ4n) is 3.65. The number of likely N-dealkylation sites (tertiary alicyclic amines) is 1. The van der Waals surface area contributed by atoms with Gasteiger partial charge in [0, 0.05) is 39.3 Å². The monoisotopic (exact) mass is 358 g/mol. The Balaban J connectivity index is 1.57. The normalized spacial score (nSPS) is 21.2. The van der Waals surface area contributed by atoms with Crippen LogP contribution in [-0.2, 0) is 17.8 Å². The molecule has 0 radical (unpaired) electrons. The number of hydrogen-bond acceptors (Lipinski definition) is 3. The number of morpholine rings is 1. The van der Waals surface area contributed by atoms with Gasteiger partial charge in [-0.1, -0.05) is 38.1 Å². The first kappa shape index (κ1) is 19.2. The molecule has 2 heterocycles. The van der Waals surface area contributed by atoms with Gasteiger partial charge in [0.25, 0.3) is 0 Å². The van der Waals surface area contributed by atoms with Crippen molar-refractivity contribution in [1.29, 1.82) is 0 Å². The molecule has 1 aromatic carbocycles. The third-order valence-electron chi connectivity index (χ3n) is 5.26. The van der Waals surface area contributed by atoms with Gasteiger partial charge in [0.1, 0.15) is 0 Å². The average Bonchev–Trinajstić information content (AvgIpc) is 3.00. The van der Waals surface area contributed by atoms with Crippen molar-refractivity contribution in [1.82, 2.24) is 15.1 Å². The number of ether oxygens (including phenoxy) is 1. The van der Waals surface area contributed by atoms with Gasteiger partial charge in [-0.15, -0.1) is 0 Å². The zero-order valence-corrected chi connectivity index (χ0v) is 16.6. The van der Waals surface area contributed by atoms with Crippen LogP contribution < -0.4 is 5.32 Å². The summed E-state index contributed by atoms with van der Waals surface area (Å²) in [6.45, 7) is 15.4. The third kappa shape index (κ3) is 5.45. The van der Waals surface area contributed by atoms with Crippen molar-refractivity contribution in [2.45, 2.75) is 40.3 Å². The van der Waals surface area contributed by atoms with Crippen molar-refractivity contribution in [3.8, 4) is 0 Å². The van der Waals surface area contributed by atoms with Gasteiger partial charge in [-0.25, -0.2) is 4.99 Å². The van der Waals surface area contributed by atoms with Gasteiger partial charge in [-0.05, 0) is 29.9 Å². The maximum Gasteiger partial charge on any atom is 0.194 e. The second kappa shape index (κ2) is 8.87. The highest BCUT2D eigenvalue weighted by atomic mass is 16.5. The van der Waals surface area contributed by atoms with Crippen LogP contribution in [0.1, 0.15) is 38.3 Å². The van der Waals surface area contributed by atoms with Gasteiger partial charge < -0.3 is 15.0 Å². The lowest BCUT2D eigenvalue weighted by Crippen LogP contribution is -2.40. The minimum Gasteiger partial charge on any atom is -0.379 e. The highest BCUT2D eigenvalue weighted by molar-refractivity contribution is 5.80. The molecular formula is C21H34N4O. The molecule has 0 saturated carbocycles. The van der Waals surface area contributed by atoms with Gasteiger partial charge in [-0.3, -0.25) is 4.90 Å². The summed E-state index contributed by atoms with van der Waals surface area (Å²) in [7, 11) is 0. The van der Waals surface area contributed by atoms with Crippen molar-refractivity contribution < 1.29 is 4.74 Å². The topological polar surface area (TPSA) is 40.1 Å². The minimum absolute atomic E-state index is 0.386. The molecule has 0 bridgehead atoms. The van der Waals surface area contributed by atoms with Crippen molar-refractivity contribution in [3.05, 3.63) is 35.4 Å². The Hall–Kier alpha value is -1.59. The predicted octanol–water partition coefficient (Wildman–Crippen LogP) is 2.72. The second-order valence-electron chi connectivity index (χ2n) is 8.21. The Bertz CT molecular complexity index is 591. The Morgan fingerprint density at radius 3 is 2.42 bits per heavy atom. The summed E-state index contributed by atoms with van der Waals surface area (Å²) >= 11 is 0.